The summed E-state index contributed by atoms with van der Waals surface area (Å²) in [5.41, 5.74) is -1.14. The number of nitrogens with zero attached hydrogens (tertiary/aromatic N) is 2. The van der Waals surface area contributed by atoms with Crippen molar-refractivity contribution in [1.29, 1.82) is 0 Å². The van der Waals surface area contributed by atoms with Crippen molar-refractivity contribution in [2.45, 2.75) is 104 Å². The highest BCUT2D eigenvalue weighted by atomic mass is 32.2. The van der Waals surface area contributed by atoms with E-state index in [9.17, 15) is 26.4 Å². The second kappa shape index (κ2) is 7.52. The van der Waals surface area contributed by atoms with Crippen LogP contribution in [0.5, 0.6) is 0 Å². The molecule has 208 valence electrons. The number of hydrogen-bond donors (Lipinski definition) is 0. The third-order valence-corrected chi connectivity index (χ3v) is 16.5. The van der Waals surface area contributed by atoms with Crippen molar-refractivity contribution < 1.29 is 26.4 Å². The van der Waals surface area contributed by atoms with Gasteiger partial charge in [0.1, 0.15) is 0 Å². The molecule has 6 fully saturated rings. The smallest absolute Gasteiger partial charge is 0.239 e. The summed E-state index contributed by atoms with van der Waals surface area (Å²) in [7, 11) is -7.58. The lowest BCUT2D eigenvalue weighted by Gasteiger charge is -2.38. The molecule has 4 saturated carbocycles. The summed E-state index contributed by atoms with van der Waals surface area (Å²) >= 11 is 0. The summed E-state index contributed by atoms with van der Waals surface area (Å²) in [6.07, 6.45) is 5.69. The van der Waals surface area contributed by atoms with E-state index in [0.717, 1.165) is 34.3 Å². The van der Waals surface area contributed by atoms with Gasteiger partial charge in [0.05, 0.1) is 23.6 Å². The number of carbonyl (C=O) groups excluding carboxylic acids is 2. The quantitative estimate of drug-likeness (QED) is 0.514. The van der Waals surface area contributed by atoms with E-state index in [-0.39, 0.29) is 40.8 Å². The zero-order valence-electron chi connectivity index (χ0n) is 22.8. The van der Waals surface area contributed by atoms with Crippen LogP contribution in [0.25, 0.3) is 0 Å². The van der Waals surface area contributed by atoms with Gasteiger partial charge in [-0.2, -0.15) is 0 Å². The minimum absolute atomic E-state index is 0.00569. The molecule has 2 aliphatic heterocycles. The maximum atomic E-state index is 14.0. The van der Waals surface area contributed by atoms with Crippen molar-refractivity contribution in [3.63, 3.8) is 0 Å². The van der Waals surface area contributed by atoms with Gasteiger partial charge in [-0.3, -0.25) is 9.59 Å². The van der Waals surface area contributed by atoms with Gasteiger partial charge < -0.3 is 0 Å². The fourth-order valence-electron chi connectivity index (χ4n) is 10.3. The second-order valence-corrected chi connectivity index (χ2v) is 17.9. The first kappa shape index (κ1) is 26.1. The maximum Gasteiger partial charge on any atom is 0.239 e. The molecule has 4 aliphatic carbocycles. The maximum absolute atomic E-state index is 14.0. The summed E-state index contributed by atoms with van der Waals surface area (Å²) < 4.78 is 56.0. The van der Waals surface area contributed by atoms with E-state index in [1.807, 2.05) is 6.92 Å². The molecular weight excluding hydrogens is 512 g/mol. The standard InChI is InChI=1S/C27H42N2O6S2/c1-6-7-17(23(31)29-21-14-19-9-11-27(21,25(19,4)5)16-37(29,34)35)12-22(30)28-20-13-18-8-10-26(20,24(18,2)3)15-36(28,32)33/h17-21H,6-16H2,1-5H3/t17-,18-,19-,20-,21-,26-,27-/m1/s1. The lowest BCUT2D eigenvalue weighted by molar-refractivity contribution is -0.139. The molecule has 7 atom stereocenters. The van der Waals surface area contributed by atoms with E-state index >= 15 is 0 Å². The van der Waals surface area contributed by atoms with Crippen LogP contribution in [0.3, 0.4) is 0 Å². The van der Waals surface area contributed by atoms with Crippen LogP contribution in [0.2, 0.25) is 0 Å². The fourth-order valence-corrected chi connectivity index (χ4v) is 15.5. The second-order valence-electron chi connectivity index (χ2n) is 14.3. The molecule has 0 aromatic carbocycles. The molecular formula is C27H42N2O6S2. The Hall–Kier alpha value is -1.16. The number of fused-ring (bicyclic) bond motifs is 2. The number of rotatable bonds is 5. The van der Waals surface area contributed by atoms with Crippen LogP contribution in [0, 0.1) is 39.4 Å². The average Bonchev–Trinajstić information content (AvgIpc) is 3.46. The number of hydrogen-bond acceptors (Lipinski definition) is 6. The Morgan fingerprint density at radius 1 is 0.811 bits per heavy atom. The van der Waals surface area contributed by atoms with Crippen molar-refractivity contribution in [3.8, 4) is 0 Å². The molecule has 2 amide bonds. The van der Waals surface area contributed by atoms with Crippen molar-refractivity contribution >= 4 is 31.9 Å². The lowest BCUT2D eigenvalue weighted by Crippen LogP contribution is -2.48. The summed E-state index contributed by atoms with van der Waals surface area (Å²) in [4.78, 5) is 27.7. The van der Waals surface area contributed by atoms with Gasteiger partial charge in [-0.1, -0.05) is 41.0 Å². The first-order chi connectivity index (χ1) is 17.1. The Labute approximate surface area is 222 Å². The minimum Gasteiger partial charge on any atom is -0.274 e. The zero-order valence-corrected chi connectivity index (χ0v) is 24.5. The number of amides is 2. The van der Waals surface area contributed by atoms with Crippen molar-refractivity contribution in [1.82, 2.24) is 8.61 Å². The highest BCUT2D eigenvalue weighted by Crippen LogP contribution is 2.71. The summed E-state index contributed by atoms with van der Waals surface area (Å²) in [6, 6.07) is -0.695. The molecule has 8 nitrogen and oxygen atoms in total. The minimum atomic E-state index is -3.80. The Kier molecular flexibility index (Phi) is 5.30. The van der Waals surface area contributed by atoms with Crippen LogP contribution in [0.15, 0.2) is 0 Å². The SMILES string of the molecule is CCC[C@H](CC(=O)N1[C@@H]2C[C@H]3CC[C@]2(CS1(=O)=O)C3(C)C)C(=O)N1[C@@H]2C[C@H]3CC[C@]2(CS1(=O)=O)C3(C)C. The van der Waals surface area contributed by atoms with E-state index in [1.165, 1.54) is 0 Å². The van der Waals surface area contributed by atoms with Gasteiger partial charge in [0.25, 0.3) is 0 Å². The van der Waals surface area contributed by atoms with E-state index in [0.29, 0.717) is 37.5 Å². The molecule has 4 bridgehead atoms. The molecule has 6 aliphatic rings. The predicted octanol–water partition coefficient (Wildman–Crippen LogP) is 3.53. The molecule has 2 heterocycles. The van der Waals surface area contributed by atoms with Crippen LogP contribution in [0.4, 0.5) is 0 Å². The van der Waals surface area contributed by atoms with Gasteiger partial charge in [0.15, 0.2) is 0 Å². The molecule has 2 saturated heterocycles. The molecule has 2 spiro atoms. The summed E-state index contributed by atoms with van der Waals surface area (Å²) in [5, 5.41) is 0. The Bertz CT molecular complexity index is 1270. The summed E-state index contributed by atoms with van der Waals surface area (Å²) in [5.74, 6) is -1.09. The Morgan fingerprint density at radius 3 is 1.73 bits per heavy atom. The van der Waals surface area contributed by atoms with Gasteiger partial charge >= 0.3 is 0 Å². The number of carbonyl (C=O) groups is 2. The molecule has 0 aromatic heterocycles. The summed E-state index contributed by atoms with van der Waals surface area (Å²) in [6.45, 7) is 10.5. The van der Waals surface area contributed by atoms with Crippen LogP contribution >= 0.6 is 0 Å². The van der Waals surface area contributed by atoms with E-state index in [1.54, 1.807) is 0 Å². The third-order valence-electron chi connectivity index (χ3n) is 12.7. The van der Waals surface area contributed by atoms with E-state index in [2.05, 4.69) is 27.7 Å². The Morgan fingerprint density at radius 2 is 1.27 bits per heavy atom. The first-order valence-corrected chi connectivity index (χ1v) is 17.4. The Balaban J connectivity index is 1.28. The van der Waals surface area contributed by atoms with Gasteiger partial charge in [0.2, 0.25) is 31.9 Å². The molecule has 6 rings (SSSR count). The molecule has 0 unspecified atom stereocenters. The van der Waals surface area contributed by atoms with Crippen molar-refractivity contribution in [2.75, 3.05) is 11.5 Å². The highest BCUT2D eigenvalue weighted by Gasteiger charge is 2.74. The van der Waals surface area contributed by atoms with Crippen LogP contribution < -0.4 is 0 Å². The van der Waals surface area contributed by atoms with E-state index in [4.69, 9.17) is 0 Å². The van der Waals surface area contributed by atoms with Crippen LogP contribution in [-0.2, 0) is 29.6 Å². The highest BCUT2D eigenvalue weighted by molar-refractivity contribution is 7.90. The first-order valence-electron chi connectivity index (χ1n) is 14.2. The third kappa shape index (κ3) is 3.00. The predicted molar refractivity (Wildman–Crippen MR) is 139 cm³/mol. The topological polar surface area (TPSA) is 109 Å². The molecule has 0 radical (unpaired) electrons. The lowest BCUT2D eigenvalue weighted by atomic mass is 9.69. The van der Waals surface area contributed by atoms with Crippen LogP contribution in [-0.4, -0.2) is 60.8 Å². The molecule has 10 heteroatoms. The van der Waals surface area contributed by atoms with E-state index < -0.39 is 48.6 Å². The van der Waals surface area contributed by atoms with Gasteiger partial charge in [0, 0.05) is 23.2 Å². The number of sulfonamides is 2. The van der Waals surface area contributed by atoms with Gasteiger partial charge in [-0.25, -0.2) is 25.4 Å². The van der Waals surface area contributed by atoms with Crippen LogP contribution in [0.1, 0.15) is 92.4 Å². The van der Waals surface area contributed by atoms with Crippen molar-refractivity contribution in [3.05, 3.63) is 0 Å². The normalized spacial score (nSPS) is 43.7. The van der Waals surface area contributed by atoms with Crippen molar-refractivity contribution in [2.24, 2.45) is 39.4 Å². The molecule has 37 heavy (non-hydrogen) atoms. The van der Waals surface area contributed by atoms with Gasteiger partial charge in [-0.15, -0.1) is 0 Å². The largest absolute Gasteiger partial charge is 0.274 e. The zero-order chi connectivity index (χ0) is 27.0. The monoisotopic (exact) mass is 554 g/mol. The van der Waals surface area contributed by atoms with Gasteiger partial charge in [-0.05, 0) is 67.6 Å². The average molecular weight is 555 g/mol. The fraction of sp³-hybridized carbons (Fsp3) is 0.926. The molecule has 0 aromatic rings. The molecule has 0 N–H and O–H groups in total.